The van der Waals surface area contributed by atoms with Crippen molar-refractivity contribution in [2.45, 2.75) is 39.2 Å². The van der Waals surface area contributed by atoms with Crippen molar-refractivity contribution in [1.29, 1.82) is 0 Å². The molecule has 0 fully saturated rings. The fourth-order valence-corrected chi connectivity index (χ4v) is 1.80. The van der Waals surface area contributed by atoms with Gasteiger partial charge in [-0.05, 0) is 58.4 Å². The molecule has 0 aromatic heterocycles. The maximum Gasteiger partial charge on any atom is 0.166 e. The SMILES string of the molecule is CC(C)(C)NCCCCOc1ccc(Br)cc1F. The van der Waals surface area contributed by atoms with Gasteiger partial charge in [0, 0.05) is 10.0 Å². The van der Waals surface area contributed by atoms with Gasteiger partial charge in [0.2, 0.25) is 0 Å². The average molecular weight is 318 g/mol. The van der Waals surface area contributed by atoms with Gasteiger partial charge >= 0.3 is 0 Å². The Labute approximate surface area is 117 Å². The number of hydrogen-bond acceptors (Lipinski definition) is 2. The van der Waals surface area contributed by atoms with E-state index >= 15 is 0 Å². The first-order valence-electron chi connectivity index (χ1n) is 6.21. The summed E-state index contributed by atoms with van der Waals surface area (Å²) >= 11 is 3.21. The number of nitrogens with one attached hydrogen (secondary N) is 1. The van der Waals surface area contributed by atoms with Crippen LogP contribution in [0.15, 0.2) is 22.7 Å². The van der Waals surface area contributed by atoms with Gasteiger partial charge in [0.05, 0.1) is 6.61 Å². The van der Waals surface area contributed by atoms with E-state index in [1.807, 2.05) is 0 Å². The van der Waals surface area contributed by atoms with E-state index in [4.69, 9.17) is 4.74 Å². The Morgan fingerprint density at radius 1 is 1.28 bits per heavy atom. The topological polar surface area (TPSA) is 21.3 Å². The quantitative estimate of drug-likeness (QED) is 0.796. The second-order valence-corrected chi connectivity index (χ2v) is 6.22. The molecule has 0 atom stereocenters. The molecule has 0 aliphatic rings. The molecule has 0 bridgehead atoms. The Morgan fingerprint density at radius 2 is 2.00 bits per heavy atom. The number of rotatable bonds is 6. The van der Waals surface area contributed by atoms with E-state index in [0.717, 1.165) is 23.9 Å². The zero-order valence-electron chi connectivity index (χ0n) is 11.2. The molecule has 2 nitrogen and oxygen atoms in total. The molecule has 0 radical (unpaired) electrons. The van der Waals surface area contributed by atoms with Crippen LogP contribution in [-0.4, -0.2) is 18.7 Å². The third-order valence-electron chi connectivity index (χ3n) is 2.38. The number of benzene rings is 1. The summed E-state index contributed by atoms with van der Waals surface area (Å²) < 4.78 is 19.5. The number of halogens is 2. The Balaban J connectivity index is 2.18. The van der Waals surface area contributed by atoms with Crippen LogP contribution in [-0.2, 0) is 0 Å². The molecule has 0 spiro atoms. The van der Waals surface area contributed by atoms with Crippen LogP contribution in [0, 0.1) is 5.82 Å². The lowest BCUT2D eigenvalue weighted by Crippen LogP contribution is -2.36. The number of hydrogen-bond donors (Lipinski definition) is 1. The fourth-order valence-electron chi connectivity index (χ4n) is 1.46. The van der Waals surface area contributed by atoms with Crippen LogP contribution >= 0.6 is 15.9 Å². The van der Waals surface area contributed by atoms with E-state index in [0.29, 0.717) is 12.4 Å². The van der Waals surface area contributed by atoms with Gasteiger partial charge in [-0.15, -0.1) is 0 Å². The zero-order chi connectivity index (χ0) is 13.6. The Hall–Kier alpha value is -0.610. The minimum Gasteiger partial charge on any atom is -0.491 e. The van der Waals surface area contributed by atoms with Crippen LogP contribution in [0.1, 0.15) is 33.6 Å². The minimum absolute atomic E-state index is 0.151. The second kappa shape index (κ2) is 7.10. The molecule has 0 unspecified atom stereocenters. The molecule has 0 aliphatic heterocycles. The first-order chi connectivity index (χ1) is 8.38. The molecule has 1 N–H and O–H groups in total. The third-order valence-corrected chi connectivity index (χ3v) is 2.87. The summed E-state index contributed by atoms with van der Waals surface area (Å²) in [5.74, 6) is -0.000767. The van der Waals surface area contributed by atoms with Gasteiger partial charge in [0.15, 0.2) is 11.6 Å². The van der Waals surface area contributed by atoms with E-state index in [1.165, 1.54) is 6.07 Å². The highest BCUT2D eigenvalue weighted by atomic mass is 79.9. The lowest BCUT2D eigenvalue weighted by atomic mass is 10.1. The summed E-state index contributed by atoms with van der Waals surface area (Å²) in [6.45, 7) is 7.92. The van der Waals surface area contributed by atoms with Crippen molar-refractivity contribution in [3.05, 3.63) is 28.5 Å². The Bertz CT molecular complexity index is 377. The van der Waals surface area contributed by atoms with Gasteiger partial charge in [-0.25, -0.2) is 4.39 Å². The van der Waals surface area contributed by atoms with Gasteiger partial charge < -0.3 is 10.1 Å². The molecule has 0 amide bonds. The van der Waals surface area contributed by atoms with E-state index < -0.39 is 0 Å². The van der Waals surface area contributed by atoms with E-state index in [9.17, 15) is 4.39 Å². The molecule has 0 saturated heterocycles. The van der Waals surface area contributed by atoms with Gasteiger partial charge in [-0.2, -0.15) is 0 Å². The molecule has 1 aromatic carbocycles. The van der Waals surface area contributed by atoms with E-state index in [-0.39, 0.29) is 11.4 Å². The average Bonchev–Trinajstić information content (AvgIpc) is 2.24. The van der Waals surface area contributed by atoms with E-state index in [1.54, 1.807) is 12.1 Å². The van der Waals surface area contributed by atoms with Crippen LogP contribution in [0.2, 0.25) is 0 Å². The van der Waals surface area contributed by atoms with Crippen LogP contribution in [0.5, 0.6) is 5.75 Å². The minimum atomic E-state index is -0.322. The van der Waals surface area contributed by atoms with Crippen molar-refractivity contribution in [1.82, 2.24) is 5.32 Å². The molecule has 1 rings (SSSR count). The van der Waals surface area contributed by atoms with Crippen molar-refractivity contribution < 1.29 is 9.13 Å². The monoisotopic (exact) mass is 317 g/mol. The summed E-state index contributed by atoms with van der Waals surface area (Å²) in [4.78, 5) is 0. The van der Waals surface area contributed by atoms with Crippen molar-refractivity contribution in [2.75, 3.05) is 13.2 Å². The fraction of sp³-hybridized carbons (Fsp3) is 0.571. The molecule has 4 heteroatoms. The molecule has 1 aromatic rings. The molecule has 18 heavy (non-hydrogen) atoms. The molecular weight excluding hydrogens is 297 g/mol. The summed E-state index contributed by atoms with van der Waals surface area (Å²) in [5, 5.41) is 3.40. The normalized spacial score (nSPS) is 11.6. The Morgan fingerprint density at radius 3 is 2.61 bits per heavy atom. The predicted molar refractivity (Wildman–Crippen MR) is 76.6 cm³/mol. The third kappa shape index (κ3) is 6.36. The van der Waals surface area contributed by atoms with Crippen molar-refractivity contribution >= 4 is 15.9 Å². The number of ether oxygens (including phenoxy) is 1. The highest BCUT2D eigenvalue weighted by molar-refractivity contribution is 9.10. The lowest BCUT2D eigenvalue weighted by molar-refractivity contribution is 0.288. The van der Waals surface area contributed by atoms with Crippen molar-refractivity contribution in [3.8, 4) is 5.75 Å². The molecule has 0 saturated carbocycles. The second-order valence-electron chi connectivity index (χ2n) is 5.31. The smallest absolute Gasteiger partial charge is 0.166 e. The molecule has 0 aliphatic carbocycles. The van der Waals surface area contributed by atoms with Gasteiger partial charge in [-0.3, -0.25) is 0 Å². The summed E-state index contributed by atoms with van der Waals surface area (Å²) in [5.41, 5.74) is 0.151. The molecular formula is C14H21BrFNO. The van der Waals surface area contributed by atoms with Gasteiger partial charge in [0.1, 0.15) is 0 Å². The summed E-state index contributed by atoms with van der Waals surface area (Å²) in [7, 11) is 0. The first-order valence-corrected chi connectivity index (χ1v) is 7.01. The molecule has 102 valence electrons. The van der Waals surface area contributed by atoms with Gasteiger partial charge in [0.25, 0.3) is 0 Å². The summed E-state index contributed by atoms with van der Waals surface area (Å²) in [6, 6.07) is 4.84. The zero-order valence-corrected chi connectivity index (χ0v) is 12.8. The lowest BCUT2D eigenvalue weighted by Gasteiger charge is -2.20. The maximum atomic E-state index is 13.4. The maximum absolute atomic E-state index is 13.4. The Kier molecular flexibility index (Phi) is 6.09. The van der Waals surface area contributed by atoms with Crippen molar-refractivity contribution in [3.63, 3.8) is 0 Å². The van der Waals surface area contributed by atoms with Gasteiger partial charge in [-0.1, -0.05) is 15.9 Å². The standard InChI is InChI=1S/C14H21BrFNO/c1-14(2,3)17-8-4-5-9-18-13-7-6-11(15)10-12(13)16/h6-7,10,17H,4-5,8-9H2,1-3H3. The largest absolute Gasteiger partial charge is 0.491 e. The van der Waals surface area contributed by atoms with Crippen LogP contribution < -0.4 is 10.1 Å². The predicted octanol–water partition coefficient (Wildman–Crippen LogP) is 4.14. The molecule has 0 heterocycles. The number of unbranched alkanes of at least 4 members (excludes halogenated alkanes) is 1. The summed E-state index contributed by atoms with van der Waals surface area (Å²) in [6.07, 6.45) is 1.94. The van der Waals surface area contributed by atoms with Crippen LogP contribution in [0.25, 0.3) is 0 Å². The highest BCUT2D eigenvalue weighted by Crippen LogP contribution is 2.21. The van der Waals surface area contributed by atoms with Crippen LogP contribution in [0.3, 0.4) is 0 Å². The first kappa shape index (κ1) is 15.4. The van der Waals surface area contributed by atoms with Crippen LogP contribution in [0.4, 0.5) is 4.39 Å². The highest BCUT2D eigenvalue weighted by Gasteiger charge is 2.07. The van der Waals surface area contributed by atoms with Crippen molar-refractivity contribution in [2.24, 2.45) is 0 Å². The van der Waals surface area contributed by atoms with E-state index in [2.05, 4.69) is 42.0 Å².